The van der Waals surface area contributed by atoms with Crippen molar-refractivity contribution < 1.29 is 23.5 Å². The summed E-state index contributed by atoms with van der Waals surface area (Å²) in [6, 6.07) is 9.27. The lowest BCUT2D eigenvalue weighted by atomic mass is 9.97. The van der Waals surface area contributed by atoms with Crippen molar-refractivity contribution in [1.82, 2.24) is 15.2 Å². The molecular weight excluding hydrogens is 489 g/mol. The Hall–Kier alpha value is -3.63. The van der Waals surface area contributed by atoms with Crippen molar-refractivity contribution in [2.45, 2.75) is 31.8 Å². The number of methoxy groups -OCH3 is 1. The van der Waals surface area contributed by atoms with Crippen LogP contribution < -0.4 is 21.7 Å². The maximum absolute atomic E-state index is 14.3. The third kappa shape index (κ3) is 5.60. The number of hydrogen-bond donors (Lipinski definition) is 4. The molecule has 9 nitrogen and oxygen atoms in total. The summed E-state index contributed by atoms with van der Waals surface area (Å²) in [7, 11) is 1.59. The summed E-state index contributed by atoms with van der Waals surface area (Å²) >= 11 is 5.83. The summed E-state index contributed by atoms with van der Waals surface area (Å²) < 4.78 is 20.8. The number of halogens is 2. The van der Waals surface area contributed by atoms with Crippen molar-refractivity contribution in [3.63, 3.8) is 0 Å². The van der Waals surface area contributed by atoms with Gasteiger partial charge in [0.05, 0.1) is 22.8 Å². The Morgan fingerprint density at radius 3 is 2.64 bits per heavy atom. The smallest absolute Gasteiger partial charge is 0.323 e. The van der Waals surface area contributed by atoms with Crippen LogP contribution in [0.1, 0.15) is 24.8 Å². The molecule has 1 aliphatic rings. The number of nitrogens with one attached hydrogen (secondary N) is 3. The number of amides is 4. The predicted octanol–water partition coefficient (Wildman–Crippen LogP) is 3.98. The fourth-order valence-electron chi connectivity index (χ4n) is 4.30. The Morgan fingerprint density at radius 2 is 1.94 bits per heavy atom. The van der Waals surface area contributed by atoms with Crippen molar-refractivity contribution in [2.75, 3.05) is 19.0 Å². The maximum atomic E-state index is 14.3. The largest absolute Gasteiger partial charge is 0.384 e. The minimum Gasteiger partial charge on any atom is -0.384 e. The highest BCUT2D eigenvalue weighted by Crippen LogP contribution is 2.49. The summed E-state index contributed by atoms with van der Waals surface area (Å²) in [5.41, 5.74) is 6.36. The number of carbonyl (C=O) groups excluding carboxylic acids is 3. The minimum absolute atomic E-state index is 0.0389. The Labute approximate surface area is 212 Å². The van der Waals surface area contributed by atoms with Gasteiger partial charge in [-0.2, -0.15) is 0 Å². The molecule has 0 unspecified atom stereocenters. The molecule has 36 heavy (non-hydrogen) atoms. The van der Waals surface area contributed by atoms with E-state index in [2.05, 4.69) is 16.0 Å². The van der Waals surface area contributed by atoms with E-state index in [0.717, 1.165) is 12.8 Å². The second kappa shape index (κ2) is 10.5. The second-order valence-corrected chi connectivity index (χ2v) is 9.39. The van der Waals surface area contributed by atoms with Gasteiger partial charge in [0.25, 0.3) is 0 Å². The van der Waals surface area contributed by atoms with Crippen LogP contribution >= 0.6 is 11.6 Å². The third-order valence-corrected chi connectivity index (χ3v) is 6.64. The fraction of sp³-hybridized carbons (Fsp3) is 0.320. The number of urea groups is 1. The number of anilines is 1. The molecule has 1 atom stereocenters. The molecule has 3 aromatic rings. The van der Waals surface area contributed by atoms with E-state index < -0.39 is 29.8 Å². The van der Waals surface area contributed by atoms with Crippen molar-refractivity contribution in [2.24, 2.45) is 11.1 Å². The Morgan fingerprint density at radius 1 is 1.19 bits per heavy atom. The molecule has 1 aliphatic carbocycles. The lowest BCUT2D eigenvalue weighted by Gasteiger charge is -2.23. The number of primary amides is 1. The third-order valence-electron chi connectivity index (χ3n) is 6.35. The molecule has 1 fully saturated rings. The van der Waals surface area contributed by atoms with Crippen LogP contribution in [0.5, 0.6) is 0 Å². The van der Waals surface area contributed by atoms with E-state index in [9.17, 15) is 18.8 Å². The van der Waals surface area contributed by atoms with Crippen LogP contribution in [0.15, 0.2) is 48.7 Å². The summed E-state index contributed by atoms with van der Waals surface area (Å²) in [5, 5.41) is 8.69. The van der Waals surface area contributed by atoms with E-state index in [1.54, 1.807) is 37.4 Å². The standard InChI is InChI=1S/C25H27ClFN5O4/c1-36-14-25(9-10-25)11-18(22(33)29-12-15-5-4-7-17(26)21(15)27)30-24(35)31-19-13-32(23(28)34)20-8-3-2-6-16(19)20/h2-8,13,18H,9-12,14H2,1H3,(H2,28,34)(H,29,33)(H2,30,31,35)/t18-/m0/s1. The van der Waals surface area contributed by atoms with Gasteiger partial charge in [-0.05, 0) is 36.8 Å². The zero-order valence-electron chi connectivity index (χ0n) is 19.6. The van der Waals surface area contributed by atoms with Crippen molar-refractivity contribution in [3.8, 4) is 0 Å². The van der Waals surface area contributed by atoms with E-state index >= 15 is 0 Å². The molecule has 5 N–H and O–H groups in total. The van der Waals surface area contributed by atoms with Crippen molar-refractivity contribution in [1.29, 1.82) is 0 Å². The Kier molecular flexibility index (Phi) is 7.46. The Bertz CT molecular complexity index is 1310. The number of fused-ring (bicyclic) bond motifs is 1. The average molecular weight is 516 g/mol. The molecule has 1 saturated carbocycles. The molecule has 1 heterocycles. The summed E-state index contributed by atoms with van der Waals surface area (Å²) in [5.74, 6) is -1.07. The van der Waals surface area contributed by atoms with Gasteiger partial charge in [0, 0.05) is 30.8 Å². The highest BCUT2D eigenvalue weighted by Gasteiger charge is 2.46. The van der Waals surface area contributed by atoms with Crippen LogP contribution in [0.25, 0.3) is 10.9 Å². The molecular formula is C25H27ClFN5O4. The molecule has 2 aromatic carbocycles. The van der Waals surface area contributed by atoms with Gasteiger partial charge in [-0.25, -0.2) is 14.0 Å². The Balaban J connectivity index is 1.49. The first-order valence-electron chi connectivity index (χ1n) is 11.4. The van der Waals surface area contributed by atoms with Gasteiger partial charge in [-0.1, -0.05) is 41.9 Å². The van der Waals surface area contributed by atoms with Crippen LogP contribution in [-0.2, 0) is 16.1 Å². The molecule has 1 aromatic heterocycles. The molecule has 190 valence electrons. The van der Waals surface area contributed by atoms with E-state index in [1.165, 1.54) is 22.9 Å². The highest BCUT2D eigenvalue weighted by atomic mass is 35.5. The zero-order valence-corrected chi connectivity index (χ0v) is 20.4. The van der Waals surface area contributed by atoms with Gasteiger partial charge in [-0.3, -0.25) is 9.36 Å². The predicted molar refractivity (Wildman–Crippen MR) is 134 cm³/mol. The topological polar surface area (TPSA) is 127 Å². The van der Waals surface area contributed by atoms with Gasteiger partial charge in [0.1, 0.15) is 11.9 Å². The molecule has 4 amide bonds. The van der Waals surface area contributed by atoms with Crippen LogP contribution in [0, 0.1) is 11.2 Å². The van der Waals surface area contributed by atoms with Crippen LogP contribution in [-0.4, -0.2) is 42.3 Å². The number of para-hydroxylation sites is 1. The maximum Gasteiger partial charge on any atom is 0.323 e. The summed E-state index contributed by atoms with van der Waals surface area (Å²) in [4.78, 5) is 37.8. The van der Waals surface area contributed by atoms with Gasteiger partial charge >= 0.3 is 12.1 Å². The first-order chi connectivity index (χ1) is 17.2. The monoisotopic (exact) mass is 515 g/mol. The second-order valence-electron chi connectivity index (χ2n) is 8.99. The van der Waals surface area contributed by atoms with E-state index in [0.29, 0.717) is 29.6 Å². The van der Waals surface area contributed by atoms with Crippen molar-refractivity contribution in [3.05, 3.63) is 65.1 Å². The van der Waals surface area contributed by atoms with Gasteiger partial charge < -0.3 is 26.4 Å². The van der Waals surface area contributed by atoms with E-state index in [4.69, 9.17) is 22.1 Å². The van der Waals surface area contributed by atoms with Gasteiger partial charge in [-0.15, -0.1) is 0 Å². The summed E-state index contributed by atoms with van der Waals surface area (Å²) in [6.07, 6.45) is 3.50. The lowest BCUT2D eigenvalue weighted by Crippen LogP contribution is -2.49. The number of carbonyl (C=O) groups is 3. The first-order valence-corrected chi connectivity index (χ1v) is 11.8. The summed E-state index contributed by atoms with van der Waals surface area (Å²) in [6.45, 7) is 0.365. The number of hydrogen-bond acceptors (Lipinski definition) is 4. The van der Waals surface area contributed by atoms with Crippen LogP contribution in [0.3, 0.4) is 0 Å². The fourth-order valence-corrected chi connectivity index (χ4v) is 4.50. The number of nitrogens with zero attached hydrogens (tertiary/aromatic N) is 1. The molecule has 0 bridgehead atoms. The van der Waals surface area contributed by atoms with E-state index in [1.807, 2.05) is 0 Å². The van der Waals surface area contributed by atoms with E-state index in [-0.39, 0.29) is 22.5 Å². The number of ether oxygens (including phenoxy) is 1. The molecule has 11 heteroatoms. The van der Waals surface area contributed by atoms with Gasteiger partial charge in [0.15, 0.2) is 0 Å². The van der Waals surface area contributed by atoms with Crippen LogP contribution in [0.4, 0.5) is 19.7 Å². The number of nitrogens with two attached hydrogens (primary N) is 1. The average Bonchev–Trinajstić information content (AvgIpc) is 3.50. The first kappa shape index (κ1) is 25.5. The SMILES string of the molecule is COCC1(C[C@H](NC(=O)Nc2cn(C(N)=O)c3ccccc23)C(=O)NCc2cccc(Cl)c2F)CC1. The minimum atomic E-state index is -0.908. The molecule has 4 rings (SSSR count). The molecule has 0 radical (unpaired) electrons. The van der Waals surface area contributed by atoms with Crippen molar-refractivity contribution >= 4 is 46.2 Å². The quantitative estimate of drug-likeness (QED) is 0.343. The normalized spacial score (nSPS) is 14.8. The highest BCUT2D eigenvalue weighted by molar-refractivity contribution is 6.30. The molecule has 0 aliphatic heterocycles. The molecule has 0 saturated heterocycles. The zero-order chi connectivity index (χ0) is 25.9. The molecule has 0 spiro atoms. The number of aromatic nitrogens is 1. The van der Waals surface area contributed by atoms with Gasteiger partial charge in [0.2, 0.25) is 5.91 Å². The number of rotatable bonds is 9. The van der Waals surface area contributed by atoms with Crippen LogP contribution in [0.2, 0.25) is 5.02 Å². The number of benzene rings is 2. The lowest BCUT2D eigenvalue weighted by molar-refractivity contribution is -0.123.